The summed E-state index contributed by atoms with van der Waals surface area (Å²) in [4.78, 5) is 0. The van der Waals surface area contributed by atoms with Crippen molar-refractivity contribution in [3.63, 3.8) is 0 Å². The van der Waals surface area contributed by atoms with Crippen LogP contribution >= 0.6 is 11.6 Å². The summed E-state index contributed by atoms with van der Waals surface area (Å²) >= 11 is 5.92. The fraction of sp³-hybridized carbons (Fsp3) is 0.538. The maximum atomic E-state index is 9.61. The van der Waals surface area contributed by atoms with Crippen molar-refractivity contribution in [2.75, 3.05) is 19.7 Å². The van der Waals surface area contributed by atoms with Crippen molar-refractivity contribution in [2.45, 2.75) is 18.3 Å². The minimum atomic E-state index is 0.0824. The smallest absolute Gasteiger partial charge is 0.0508 e. The minimum Gasteiger partial charge on any atom is -0.396 e. The van der Waals surface area contributed by atoms with E-state index in [1.165, 1.54) is 5.56 Å². The highest BCUT2D eigenvalue weighted by molar-refractivity contribution is 6.30. The van der Waals surface area contributed by atoms with Crippen molar-refractivity contribution >= 4 is 11.6 Å². The number of benzene rings is 1. The number of hydrogen-bond acceptors (Lipinski definition) is 2. The van der Waals surface area contributed by atoms with Crippen LogP contribution in [0, 0.1) is 5.41 Å². The van der Waals surface area contributed by atoms with Crippen LogP contribution in [0.4, 0.5) is 0 Å². The Kier molecular flexibility index (Phi) is 2.29. The van der Waals surface area contributed by atoms with Crippen molar-refractivity contribution in [2.24, 2.45) is 5.41 Å². The highest BCUT2D eigenvalue weighted by Gasteiger charge is 2.68. The van der Waals surface area contributed by atoms with Crippen LogP contribution in [0.25, 0.3) is 0 Å². The lowest BCUT2D eigenvalue weighted by atomic mass is 9.81. The van der Waals surface area contributed by atoms with Gasteiger partial charge in [0, 0.05) is 22.4 Å². The molecule has 0 bridgehead atoms. The third kappa shape index (κ3) is 1.27. The van der Waals surface area contributed by atoms with Crippen LogP contribution in [-0.2, 0) is 5.41 Å². The second-order valence-corrected chi connectivity index (χ2v) is 5.57. The van der Waals surface area contributed by atoms with Crippen LogP contribution < -0.4 is 5.32 Å². The van der Waals surface area contributed by atoms with E-state index in [0.717, 1.165) is 31.0 Å². The largest absolute Gasteiger partial charge is 0.396 e. The maximum absolute atomic E-state index is 9.61. The Hall–Kier alpha value is -0.570. The third-order valence-electron chi connectivity index (χ3n) is 4.42. The lowest BCUT2D eigenvalue weighted by Gasteiger charge is -2.30. The number of hydrogen-bond donors (Lipinski definition) is 2. The molecule has 0 aromatic heterocycles. The average Bonchev–Trinajstić information content (AvgIpc) is 3.01. The molecule has 86 valence electrons. The van der Waals surface area contributed by atoms with E-state index in [0.29, 0.717) is 0 Å². The first-order valence-corrected chi connectivity index (χ1v) is 6.18. The minimum absolute atomic E-state index is 0.0824. The normalized spacial score (nSPS) is 36.9. The van der Waals surface area contributed by atoms with Crippen LogP contribution in [0.15, 0.2) is 24.3 Å². The third-order valence-corrected chi connectivity index (χ3v) is 4.67. The summed E-state index contributed by atoms with van der Waals surface area (Å²) in [6.07, 6.45) is 2.22. The number of piperidine rings is 1. The standard InChI is InChI=1S/C13H16ClNO/c14-11-3-1-10(2-4-11)13-5-6-15-8-12(13,7-13)9-16/h1-4,15-16H,5-9H2. The van der Waals surface area contributed by atoms with Gasteiger partial charge in [0.15, 0.2) is 0 Å². The molecule has 1 aromatic carbocycles. The SMILES string of the molecule is OCC12CNCCC1(c1ccc(Cl)cc1)C2. The molecule has 16 heavy (non-hydrogen) atoms. The summed E-state index contributed by atoms with van der Waals surface area (Å²) in [6, 6.07) is 8.14. The molecule has 2 unspecified atom stereocenters. The van der Waals surface area contributed by atoms with Crippen LogP contribution in [-0.4, -0.2) is 24.8 Å². The van der Waals surface area contributed by atoms with Gasteiger partial charge in [0.25, 0.3) is 0 Å². The van der Waals surface area contributed by atoms with E-state index < -0.39 is 0 Å². The Bertz CT molecular complexity index is 405. The number of aliphatic hydroxyl groups is 1. The predicted octanol–water partition coefficient (Wildman–Crippen LogP) is 1.95. The van der Waals surface area contributed by atoms with Gasteiger partial charge in [0.1, 0.15) is 0 Å². The van der Waals surface area contributed by atoms with E-state index >= 15 is 0 Å². The van der Waals surface area contributed by atoms with Crippen LogP contribution in [0.3, 0.4) is 0 Å². The Morgan fingerprint density at radius 3 is 2.75 bits per heavy atom. The molecule has 2 atom stereocenters. The molecule has 1 saturated heterocycles. The quantitative estimate of drug-likeness (QED) is 0.824. The molecule has 2 N–H and O–H groups in total. The highest BCUT2D eigenvalue weighted by atomic mass is 35.5. The van der Waals surface area contributed by atoms with Gasteiger partial charge in [0.2, 0.25) is 0 Å². The van der Waals surface area contributed by atoms with Crippen molar-refractivity contribution in [1.29, 1.82) is 0 Å². The number of halogens is 1. The molecule has 1 aliphatic heterocycles. The van der Waals surface area contributed by atoms with Crippen LogP contribution in [0.1, 0.15) is 18.4 Å². The van der Waals surface area contributed by atoms with Gasteiger partial charge in [-0.05, 0) is 37.1 Å². The fourth-order valence-electron chi connectivity index (χ4n) is 3.33. The van der Waals surface area contributed by atoms with Gasteiger partial charge in [-0.25, -0.2) is 0 Å². The molecular weight excluding hydrogens is 222 g/mol. The van der Waals surface area contributed by atoms with Crippen molar-refractivity contribution in [3.8, 4) is 0 Å². The van der Waals surface area contributed by atoms with Gasteiger partial charge in [-0.1, -0.05) is 23.7 Å². The van der Waals surface area contributed by atoms with Gasteiger partial charge in [0.05, 0.1) is 6.61 Å². The highest BCUT2D eigenvalue weighted by Crippen LogP contribution is 2.67. The number of nitrogens with one attached hydrogen (secondary N) is 1. The summed E-state index contributed by atoms with van der Waals surface area (Å²) in [6.45, 7) is 2.26. The zero-order valence-corrected chi connectivity index (χ0v) is 9.93. The summed E-state index contributed by atoms with van der Waals surface area (Å²) in [5, 5.41) is 13.8. The second-order valence-electron chi connectivity index (χ2n) is 5.13. The van der Waals surface area contributed by atoms with Crippen molar-refractivity contribution in [1.82, 2.24) is 5.32 Å². The molecule has 0 spiro atoms. The molecule has 1 aliphatic carbocycles. The first-order valence-electron chi connectivity index (χ1n) is 5.80. The molecule has 2 aliphatic rings. The van der Waals surface area contributed by atoms with E-state index in [9.17, 15) is 5.11 Å². The van der Waals surface area contributed by atoms with Crippen molar-refractivity contribution in [3.05, 3.63) is 34.9 Å². The van der Waals surface area contributed by atoms with Gasteiger partial charge < -0.3 is 10.4 Å². The molecule has 2 fully saturated rings. The fourth-order valence-corrected chi connectivity index (χ4v) is 3.46. The molecule has 1 aromatic rings. The molecule has 1 saturated carbocycles. The summed E-state index contributed by atoms with van der Waals surface area (Å²) < 4.78 is 0. The van der Waals surface area contributed by atoms with Gasteiger partial charge >= 0.3 is 0 Å². The van der Waals surface area contributed by atoms with Gasteiger partial charge in [-0.15, -0.1) is 0 Å². The predicted molar refractivity (Wildman–Crippen MR) is 64.8 cm³/mol. The molecule has 0 radical (unpaired) electrons. The molecule has 2 nitrogen and oxygen atoms in total. The zero-order valence-electron chi connectivity index (χ0n) is 9.17. The summed E-state index contributed by atoms with van der Waals surface area (Å²) in [5.41, 5.74) is 1.63. The monoisotopic (exact) mass is 237 g/mol. The molecule has 0 amide bonds. The number of fused-ring (bicyclic) bond motifs is 1. The van der Waals surface area contributed by atoms with Crippen molar-refractivity contribution < 1.29 is 5.11 Å². The topological polar surface area (TPSA) is 32.3 Å². The Morgan fingerprint density at radius 2 is 2.06 bits per heavy atom. The Morgan fingerprint density at radius 1 is 1.31 bits per heavy atom. The zero-order chi connectivity index (χ0) is 11.2. The van der Waals surface area contributed by atoms with Crippen LogP contribution in [0.2, 0.25) is 5.02 Å². The van der Waals surface area contributed by atoms with E-state index in [-0.39, 0.29) is 17.4 Å². The Labute approximate surface area is 101 Å². The molecule has 3 rings (SSSR count). The van der Waals surface area contributed by atoms with E-state index in [1.54, 1.807) is 0 Å². The number of rotatable bonds is 2. The molecular formula is C13H16ClNO. The first kappa shape index (κ1) is 10.6. The first-order chi connectivity index (χ1) is 7.72. The van der Waals surface area contributed by atoms with E-state index in [2.05, 4.69) is 17.4 Å². The van der Waals surface area contributed by atoms with E-state index in [4.69, 9.17) is 11.6 Å². The lowest BCUT2D eigenvalue weighted by molar-refractivity contribution is 0.169. The van der Waals surface area contributed by atoms with Gasteiger partial charge in [-0.3, -0.25) is 0 Å². The molecule has 1 heterocycles. The van der Waals surface area contributed by atoms with Gasteiger partial charge in [-0.2, -0.15) is 0 Å². The van der Waals surface area contributed by atoms with E-state index in [1.807, 2.05) is 12.1 Å². The summed E-state index contributed by atoms with van der Waals surface area (Å²) in [5.74, 6) is 0. The maximum Gasteiger partial charge on any atom is 0.0508 e. The lowest BCUT2D eigenvalue weighted by Crippen LogP contribution is -2.40. The number of aliphatic hydroxyl groups excluding tert-OH is 1. The average molecular weight is 238 g/mol. The Balaban J connectivity index is 1.97. The van der Waals surface area contributed by atoms with Crippen LogP contribution in [0.5, 0.6) is 0 Å². The second kappa shape index (κ2) is 3.46. The summed E-state index contributed by atoms with van der Waals surface area (Å²) in [7, 11) is 0. The molecule has 3 heteroatoms.